The number of primary sulfonamides is 1. The quantitative estimate of drug-likeness (QED) is 0.152. The maximum atomic E-state index is 12.6. The number of carbonyl (C=O) groups is 1. The van der Waals surface area contributed by atoms with Crippen molar-refractivity contribution in [2.24, 2.45) is 15.5 Å². The summed E-state index contributed by atoms with van der Waals surface area (Å²) in [6.07, 6.45) is 5.91. The highest BCUT2D eigenvalue weighted by atomic mass is 32.3. The second kappa shape index (κ2) is 12.3. The van der Waals surface area contributed by atoms with Crippen LogP contribution in [0.25, 0.3) is 0 Å². The molecule has 0 spiro atoms. The summed E-state index contributed by atoms with van der Waals surface area (Å²) in [6, 6.07) is 4.25. The number of benzene rings is 1. The summed E-state index contributed by atoms with van der Waals surface area (Å²) < 4.78 is 49.0. The van der Waals surface area contributed by atoms with Crippen LogP contribution in [0.3, 0.4) is 0 Å². The van der Waals surface area contributed by atoms with E-state index in [1.54, 1.807) is 24.6 Å². The molecule has 0 aliphatic heterocycles. The Morgan fingerprint density at radius 3 is 1.78 bits per heavy atom. The van der Waals surface area contributed by atoms with Crippen molar-refractivity contribution in [1.82, 2.24) is 4.72 Å². The number of sulfonamides is 2. The molecule has 16 heteroatoms. The Morgan fingerprint density at radius 1 is 0.829 bits per heavy atom. The number of fused-ring (bicyclic) bond motifs is 2. The lowest BCUT2D eigenvalue weighted by molar-refractivity contribution is 0.256. The average Bonchev–Trinajstić information content (AvgIpc) is 3.73. The lowest BCUT2D eigenvalue weighted by atomic mass is 9.99. The highest BCUT2D eigenvalue weighted by molar-refractivity contribution is 7.92. The van der Waals surface area contributed by atoms with Gasteiger partial charge in [-0.15, -0.1) is 22.7 Å². The van der Waals surface area contributed by atoms with Gasteiger partial charge in [-0.3, -0.25) is 0 Å². The van der Waals surface area contributed by atoms with Gasteiger partial charge in [0.1, 0.15) is 8.42 Å². The minimum Gasteiger partial charge on any atom is -0.411 e. The fraction of sp³-hybridized carbons (Fsp3) is 0.320. The minimum atomic E-state index is -4.01. The molecule has 2 amide bonds. The highest BCUT2D eigenvalue weighted by Crippen LogP contribution is 2.38. The van der Waals surface area contributed by atoms with E-state index in [9.17, 15) is 21.6 Å². The van der Waals surface area contributed by atoms with Gasteiger partial charge in [-0.1, -0.05) is 16.4 Å². The van der Waals surface area contributed by atoms with Crippen LogP contribution in [0.4, 0.5) is 10.5 Å². The van der Waals surface area contributed by atoms with E-state index in [2.05, 4.69) is 26.4 Å². The highest BCUT2D eigenvalue weighted by Gasteiger charge is 2.27. The van der Waals surface area contributed by atoms with Crippen molar-refractivity contribution in [2.45, 2.75) is 60.8 Å². The Hall–Kier alpha value is -3.31. The molecule has 2 aliphatic carbocycles. The first-order valence-electron chi connectivity index (χ1n) is 12.4. The number of nitrogens with two attached hydrogens (primary N) is 1. The molecular formula is C25H29N5O7S4. The van der Waals surface area contributed by atoms with Gasteiger partial charge in [0, 0.05) is 27.6 Å². The van der Waals surface area contributed by atoms with Crippen LogP contribution in [0, 0.1) is 0 Å². The fourth-order valence-electron chi connectivity index (χ4n) is 4.70. The maximum absolute atomic E-state index is 12.6. The third kappa shape index (κ3) is 6.95. The Labute approximate surface area is 245 Å². The summed E-state index contributed by atoms with van der Waals surface area (Å²) >= 11 is 1.96. The van der Waals surface area contributed by atoms with Crippen molar-refractivity contribution >= 4 is 65.9 Å². The van der Waals surface area contributed by atoms with E-state index in [1.165, 1.54) is 23.3 Å². The SMILES string of the molecule is C/C(=N\O)c1csc(S(=O)(=O)NC(=O)Nc2c3c(cc4c2CCC4)CCC3)c1.C/C(=N\O)c1csc(S(N)(=O)=O)c1. The van der Waals surface area contributed by atoms with Gasteiger partial charge in [0.2, 0.25) is 10.0 Å². The number of nitrogens with zero attached hydrogens (tertiary/aromatic N) is 2. The lowest BCUT2D eigenvalue weighted by Crippen LogP contribution is -2.34. The summed E-state index contributed by atoms with van der Waals surface area (Å²) in [4.78, 5) is 12.5. The van der Waals surface area contributed by atoms with Crippen LogP contribution >= 0.6 is 22.7 Å². The van der Waals surface area contributed by atoms with Gasteiger partial charge in [-0.2, -0.15) is 0 Å². The van der Waals surface area contributed by atoms with Crippen molar-refractivity contribution in [2.75, 3.05) is 5.32 Å². The van der Waals surface area contributed by atoms with E-state index in [0.717, 1.165) is 78.0 Å². The van der Waals surface area contributed by atoms with E-state index in [-0.39, 0.29) is 8.42 Å². The molecule has 2 heterocycles. The van der Waals surface area contributed by atoms with Crippen LogP contribution in [-0.2, 0) is 45.7 Å². The molecule has 3 aromatic rings. The van der Waals surface area contributed by atoms with Crippen LogP contribution in [0.5, 0.6) is 0 Å². The van der Waals surface area contributed by atoms with Crippen molar-refractivity contribution in [1.29, 1.82) is 0 Å². The van der Waals surface area contributed by atoms with E-state index in [1.807, 2.05) is 0 Å². The van der Waals surface area contributed by atoms with Gasteiger partial charge in [0.25, 0.3) is 10.0 Å². The Balaban J connectivity index is 0.000000251. The second-order valence-corrected chi connectivity index (χ2v) is 15.0. The van der Waals surface area contributed by atoms with E-state index < -0.39 is 26.1 Å². The van der Waals surface area contributed by atoms with Gasteiger partial charge in [0.05, 0.1) is 11.4 Å². The van der Waals surface area contributed by atoms with Crippen molar-refractivity contribution in [3.05, 3.63) is 62.3 Å². The zero-order chi connectivity index (χ0) is 29.9. The summed E-state index contributed by atoms with van der Waals surface area (Å²) in [6.45, 7) is 3.13. The number of thiophene rings is 2. The molecule has 0 bridgehead atoms. The number of amides is 2. The number of nitrogens with one attached hydrogen (secondary N) is 2. The first kappa shape index (κ1) is 30.6. The molecular weight excluding hydrogens is 611 g/mol. The number of urea groups is 1. The third-order valence-corrected chi connectivity index (χ3v) is 11.9. The molecule has 1 aromatic carbocycles. The number of oxime groups is 2. The third-order valence-electron chi connectivity index (χ3n) is 6.77. The van der Waals surface area contributed by atoms with Crippen LogP contribution in [0.1, 0.15) is 60.1 Å². The van der Waals surface area contributed by atoms with E-state index in [4.69, 9.17) is 15.6 Å². The van der Waals surface area contributed by atoms with Crippen LogP contribution in [0.15, 0.2) is 47.7 Å². The predicted molar refractivity (Wildman–Crippen MR) is 158 cm³/mol. The number of carbonyl (C=O) groups excluding carboxylic acids is 1. The number of hydrogen-bond donors (Lipinski definition) is 5. The standard InChI is InChI=1S/C19H21N3O4S2.C6H8N2O3S2/c1-11(21-24)14-9-17(27-10-14)28(25,26)22-19(23)20-18-15-6-2-4-12(15)8-13-5-3-7-16(13)18;1-4(8-9)5-2-6(12-3-5)13(7,10)11/h8-10,24H,2-7H2,1H3,(H2,20,22,23);2-3,9H,1H3,(H2,7,10,11)/b21-11+;8-4+. The molecule has 220 valence electrons. The molecule has 41 heavy (non-hydrogen) atoms. The fourth-order valence-corrected chi connectivity index (χ4v) is 8.48. The lowest BCUT2D eigenvalue weighted by Gasteiger charge is -2.16. The molecule has 6 N–H and O–H groups in total. The molecule has 0 radical (unpaired) electrons. The molecule has 0 saturated heterocycles. The number of rotatable bonds is 6. The van der Waals surface area contributed by atoms with Crippen LogP contribution in [0.2, 0.25) is 0 Å². The molecule has 0 atom stereocenters. The summed E-state index contributed by atoms with van der Waals surface area (Å²) in [7, 11) is -7.65. The van der Waals surface area contributed by atoms with E-state index >= 15 is 0 Å². The smallest absolute Gasteiger partial charge is 0.333 e. The molecule has 2 aliphatic rings. The monoisotopic (exact) mass is 639 g/mol. The molecule has 0 fully saturated rings. The molecule has 0 saturated carbocycles. The van der Waals surface area contributed by atoms with E-state index in [0.29, 0.717) is 22.6 Å². The average molecular weight is 640 g/mol. The van der Waals surface area contributed by atoms with Crippen LogP contribution < -0.4 is 15.2 Å². The topological polar surface area (TPSA) is 201 Å². The van der Waals surface area contributed by atoms with Gasteiger partial charge in [0.15, 0.2) is 0 Å². The summed E-state index contributed by atoms with van der Waals surface area (Å²) in [5.74, 6) is 0. The first-order chi connectivity index (χ1) is 19.3. The largest absolute Gasteiger partial charge is 0.411 e. The Kier molecular flexibility index (Phi) is 9.18. The Bertz CT molecular complexity index is 1720. The van der Waals surface area contributed by atoms with Crippen molar-refractivity contribution in [3.8, 4) is 0 Å². The zero-order valence-electron chi connectivity index (χ0n) is 22.2. The van der Waals surface area contributed by atoms with Crippen LogP contribution in [-0.4, -0.2) is 44.7 Å². The number of anilines is 1. The molecule has 0 unspecified atom stereocenters. The van der Waals surface area contributed by atoms with Gasteiger partial charge in [-0.25, -0.2) is 31.5 Å². The molecule has 5 rings (SSSR count). The zero-order valence-corrected chi connectivity index (χ0v) is 25.4. The predicted octanol–water partition coefficient (Wildman–Crippen LogP) is 4.03. The second-order valence-electron chi connectivity index (χ2n) is 9.52. The number of hydrogen-bond acceptors (Lipinski definition) is 11. The molecule has 2 aromatic heterocycles. The minimum absolute atomic E-state index is 0.0100. The van der Waals surface area contributed by atoms with Crippen molar-refractivity contribution in [3.63, 3.8) is 0 Å². The van der Waals surface area contributed by atoms with Gasteiger partial charge < -0.3 is 15.7 Å². The number of aryl methyl sites for hydroxylation is 2. The summed E-state index contributed by atoms with van der Waals surface area (Å²) in [5, 5.41) is 34.1. The van der Waals surface area contributed by atoms with Gasteiger partial charge in [-0.05, 0) is 86.8 Å². The normalized spacial score (nSPS) is 15.1. The van der Waals surface area contributed by atoms with Gasteiger partial charge >= 0.3 is 6.03 Å². The summed E-state index contributed by atoms with van der Waals surface area (Å²) in [5.41, 5.74) is 7.31. The molecule has 12 nitrogen and oxygen atoms in total. The first-order valence-corrected chi connectivity index (χ1v) is 17.2. The van der Waals surface area contributed by atoms with Crippen molar-refractivity contribution < 1.29 is 32.0 Å². The maximum Gasteiger partial charge on any atom is 0.333 e. The Morgan fingerprint density at radius 2 is 1.32 bits per heavy atom.